The average molecular weight is 396 g/mol. The number of alkyl halides is 3. The van der Waals surface area contributed by atoms with Gasteiger partial charge in [0.1, 0.15) is 0 Å². The molecule has 0 spiro atoms. The molecule has 6 nitrogen and oxygen atoms in total. The fraction of sp³-hybridized carbons (Fsp3) is 0.421. The standard InChI is InChI=1S/C19H23F3N4O2/c1-25-8-4-7-16(25)17(26-9-11-28-12-10-26)13-23-18(27)24-15-6-3-2-5-14(15)19(20,21)22/h2-8,17H,9-13H2,1H3,(H2,23,24,27). The van der Waals surface area contributed by atoms with Crippen LogP contribution in [0, 0.1) is 0 Å². The van der Waals surface area contributed by atoms with Crippen LogP contribution in [0.3, 0.4) is 0 Å². The lowest BCUT2D eigenvalue weighted by molar-refractivity contribution is -0.136. The predicted octanol–water partition coefficient (Wildman–Crippen LogP) is 3.24. The van der Waals surface area contributed by atoms with E-state index in [4.69, 9.17) is 4.74 Å². The van der Waals surface area contributed by atoms with Gasteiger partial charge in [-0.2, -0.15) is 13.2 Å². The van der Waals surface area contributed by atoms with Crippen molar-refractivity contribution < 1.29 is 22.7 Å². The number of morpholine rings is 1. The quantitative estimate of drug-likeness (QED) is 0.816. The number of amides is 2. The highest BCUT2D eigenvalue weighted by molar-refractivity contribution is 5.90. The summed E-state index contributed by atoms with van der Waals surface area (Å²) in [6, 6.07) is 8.02. The second-order valence-electron chi connectivity index (χ2n) is 6.59. The fourth-order valence-corrected chi connectivity index (χ4v) is 3.33. The molecular weight excluding hydrogens is 373 g/mol. The van der Waals surface area contributed by atoms with Gasteiger partial charge in [0.25, 0.3) is 0 Å². The SMILES string of the molecule is Cn1cccc1C(CNC(=O)Nc1ccccc1C(F)(F)F)N1CCOCC1. The van der Waals surface area contributed by atoms with E-state index in [1.165, 1.54) is 18.2 Å². The van der Waals surface area contributed by atoms with Crippen LogP contribution in [0.4, 0.5) is 23.7 Å². The van der Waals surface area contributed by atoms with Crippen molar-refractivity contribution in [3.63, 3.8) is 0 Å². The molecule has 1 fully saturated rings. The van der Waals surface area contributed by atoms with Crippen molar-refractivity contribution in [3.8, 4) is 0 Å². The minimum Gasteiger partial charge on any atom is -0.379 e. The topological polar surface area (TPSA) is 58.5 Å². The Bertz CT molecular complexity index is 800. The molecule has 1 unspecified atom stereocenters. The molecule has 1 aromatic heterocycles. The molecule has 2 aromatic rings. The largest absolute Gasteiger partial charge is 0.418 e. The van der Waals surface area contributed by atoms with Gasteiger partial charge in [0.15, 0.2) is 0 Å². The summed E-state index contributed by atoms with van der Waals surface area (Å²) in [4.78, 5) is 14.5. The highest BCUT2D eigenvalue weighted by Gasteiger charge is 2.33. The number of hydrogen-bond donors (Lipinski definition) is 2. The van der Waals surface area contributed by atoms with Gasteiger partial charge >= 0.3 is 12.2 Å². The summed E-state index contributed by atoms with van der Waals surface area (Å²) in [6.07, 6.45) is -2.62. The molecule has 0 saturated carbocycles. The molecule has 28 heavy (non-hydrogen) atoms. The van der Waals surface area contributed by atoms with Crippen LogP contribution in [0.5, 0.6) is 0 Å². The first kappa shape index (κ1) is 20.2. The number of ether oxygens (including phenoxy) is 1. The molecule has 3 rings (SSSR count). The summed E-state index contributed by atoms with van der Waals surface area (Å²) in [5, 5.41) is 5.02. The van der Waals surface area contributed by atoms with E-state index in [0.29, 0.717) is 13.2 Å². The third kappa shape index (κ3) is 4.85. The second-order valence-corrected chi connectivity index (χ2v) is 6.59. The van der Waals surface area contributed by atoms with Gasteiger partial charge < -0.3 is 19.9 Å². The Hall–Kier alpha value is -2.52. The summed E-state index contributed by atoms with van der Waals surface area (Å²) in [6.45, 7) is 2.90. The molecular formula is C19H23F3N4O2. The van der Waals surface area contributed by atoms with Crippen LogP contribution in [0.2, 0.25) is 0 Å². The van der Waals surface area contributed by atoms with Crippen LogP contribution in [-0.4, -0.2) is 48.3 Å². The zero-order chi connectivity index (χ0) is 20.1. The number of urea groups is 1. The maximum Gasteiger partial charge on any atom is 0.418 e. The number of anilines is 1. The van der Waals surface area contributed by atoms with Crippen molar-refractivity contribution in [1.29, 1.82) is 0 Å². The van der Waals surface area contributed by atoms with Gasteiger partial charge in [-0.15, -0.1) is 0 Å². The minimum absolute atomic E-state index is 0.104. The minimum atomic E-state index is -4.54. The van der Waals surface area contributed by atoms with E-state index in [2.05, 4.69) is 15.5 Å². The van der Waals surface area contributed by atoms with E-state index in [0.717, 1.165) is 24.8 Å². The number of halogens is 3. The molecule has 1 saturated heterocycles. The van der Waals surface area contributed by atoms with Crippen molar-refractivity contribution in [2.24, 2.45) is 7.05 Å². The Morgan fingerprint density at radius 3 is 2.54 bits per heavy atom. The first-order chi connectivity index (χ1) is 13.4. The van der Waals surface area contributed by atoms with Crippen LogP contribution >= 0.6 is 0 Å². The maximum atomic E-state index is 13.1. The Balaban J connectivity index is 1.68. The average Bonchev–Trinajstić information content (AvgIpc) is 3.08. The van der Waals surface area contributed by atoms with Gasteiger partial charge in [-0.3, -0.25) is 4.90 Å². The Labute approximate surface area is 161 Å². The van der Waals surface area contributed by atoms with Gasteiger partial charge in [-0.25, -0.2) is 4.79 Å². The predicted molar refractivity (Wildman–Crippen MR) is 99.0 cm³/mol. The highest BCUT2D eigenvalue weighted by atomic mass is 19.4. The lowest BCUT2D eigenvalue weighted by Crippen LogP contribution is -2.45. The molecule has 2 N–H and O–H groups in total. The third-order valence-electron chi connectivity index (χ3n) is 4.75. The van der Waals surface area contributed by atoms with Crippen molar-refractivity contribution in [1.82, 2.24) is 14.8 Å². The van der Waals surface area contributed by atoms with Gasteiger partial charge in [0.05, 0.1) is 30.5 Å². The van der Waals surface area contributed by atoms with Gasteiger partial charge in [-0.1, -0.05) is 12.1 Å². The van der Waals surface area contributed by atoms with E-state index >= 15 is 0 Å². The molecule has 2 amide bonds. The summed E-state index contributed by atoms with van der Waals surface area (Å²) in [7, 11) is 1.92. The number of nitrogens with zero attached hydrogens (tertiary/aromatic N) is 2. The van der Waals surface area contributed by atoms with Crippen LogP contribution in [0.1, 0.15) is 17.3 Å². The lowest BCUT2D eigenvalue weighted by Gasteiger charge is -2.35. The summed E-state index contributed by atoms with van der Waals surface area (Å²) < 4.78 is 46.6. The van der Waals surface area contributed by atoms with Crippen LogP contribution in [-0.2, 0) is 18.0 Å². The van der Waals surface area contributed by atoms with Crippen molar-refractivity contribution in [2.75, 3.05) is 38.2 Å². The smallest absolute Gasteiger partial charge is 0.379 e. The summed E-state index contributed by atoms with van der Waals surface area (Å²) >= 11 is 0. The fourth-order valence-electron chi connectivity index (χ4n) is 3.33. The number of aromatic nitrogens is 1. The number of nitrogens with one attached hydrogen (secondary N) is 2. The van der Waals surface area contributed by atoms with Crippen molar-refractivity contribution in [2.45, 2.75) is 12.2 Å². The first-order valence-corrected chi connectivity index (χ1v) is 9.00. The number of carbonyl (C=O) groups excluding carboxylic acids is 1. The lowest BCUT2D eigenvalue weighted by atomic mass is 10.1. The normalized spacial score (nSPS) is 16.6. The molecule has 152 valence electrons. The van der Waals surface area contributed by atoms with Crippen LogP contribution in [0.15, 0.2) is 42.6 Å². The number of para-hydroxylation sites is 1. The molecule has 0 radical (unpaired) electrons. The number of aryl methyl sites for hydroxylation is 1. The summed E-state index contributed by atoms with van der Waals surface area (Å²) in [5.74, 6) is 0. The Morgan fingerprint density at radius 1 is 1.18 bits per heavy atom. The van der Waals surface area contributed by atoms with E-state index in [9.17, 15) is 18.0 Å². The monoisotopic (exact) mass is 396 g/mol. The molecule has 1 aliphatic heterocycles. The van der Waals surface area contributed by atoms with Gasteiger partial charge in [0, 0.05) is 38.6 Å². The maximum absolute atomic E-state index is 13.1. The number of rotatable bonds is 5. The first-order valence-electron chi connectivity index (χ1n) is 9.00. The van der Waals surface area contributed by atoms with Crippen LogP contribution in [0.25, 0.3) is 0 Å². The Morgan fingerprint density at radius 2 is 1.89 bits per heavy atom. The third-order valence-corrected chi connectivity index (χ3v) is 4.75. The number of hydrogen-bond acceptors (Lipinski definition) is 3. The Kier molecular flexibility index (Phi) is 6.25. The number of carbonyl (C=O) groups is 1. The highest BCUT2D eigenvalue weighted by Crippen LogP contribution is 2.34. The molecule has 0 bridgehead atoms. The van der Waals surface area contributed by atoms with E-state index in [1.807, 2.05) is 29.9 Å². The van der Waals surface area contributed by atoms with E-state index < -0.39 is 17.8 Å². The molecule has 9 heteroatoms. The zero-order valence-electron chi connectivity index (χ0n) is 15.5. The zero-order valence-corrected chi connectivity index (χ0v) is 15.5. The number of benzene rings is 1. The van der Waals surface area contributed by atoms with Crippen molar-refractivity contribution >= 4 is 11.7 Å². The van der Waals surface area contributed by atoms with Gasteiger partial charge in [0.2, 0.25) is 0 Å². The summed E-state index contributed by atoms with van der Waals surface area (Å²) in [5.41, 5.74) is -0.135. The van der Waals surface area contributed by atoms with E-state index in [-0.39, 0.29) is 18.3 Å². The van der Waals surface area contributed by atoms with E-state index in [1.54, 1.807) is 0 Å². The molecule has 2 heterocycles. The second kappa shape index (κ2) is 8.66. The molecule has 0 aliphatic carbocycles. The molecule has 1 atom stereocenters. The van der Waals surface area contributed by atoms with Gasteiger partial charge in [-0.05, 0) is 24.3 Å². The molecule has 1 aromatic carbocycles. The van der Waals surface area contributed by atoms with Crippen molar-refractivity contribution in [3.05, 3.63) is 53.9 Å². The molecule has 1 aliphatic rings. The van der Waals surface area contributed by atoms with Crippen LogP contribution < -0.4 is 10.6 Å².